The molecule has 0 aliphatic rings. The van der Waals surface area contributed by atoms with Crippen molar-refractivity contribution >= 4 is 11.8 Å². The van der Waals surface area contributed by atoms with Crippen LogP contribution in [0.5, 0.6) is 5.75 Å². The number of carbonyl (C=O) groups excluding carboxylic acids is 1. The van der Waals surface area contributed by atoms with Crippen molar-refractivity contribution in [2.45, 2.75) is 13.3 Å². The van der Waals surface area contributed by atoms with E-state index in [0.717, 1.165) is 17.7 Å². The van der Waals surface area contributed by atoms with Crippen LogP contribution in [-0.2, 0) is 6.42 Å². The fraction of sp³-hybridized carbons (Fsp3) is 0.286. The van der Waals surface area contributed by atoms with Crippen molar-refractivity contribution in [3.63, 3.8) is 0 Å². The Kier molecular flexibility index (Phi) is 4.60. The molecule has 0 aliphatic carbocycles. The summed E-state index contributed by atoms with van der Waals surface area (Å²) in [5.74, 6) is 1.86. The third-order valence-electron chi connectivity index (χ3n) is 2.70. The number of hydrogen-bond acceptors (Lipinski definition) is 4. The zero-order chi connectivity index (χ0) is 14.4. The zero-order valence-corrected chi connectivity index (χ0v) is 11.5. The van der Waals surface area contributed by atoms with Crippen LogP contribution in [0, 0.1) is 6.92 Å². The molecule has 1 heterocycles. The predicted octanol–water partition coefficient (Wildman–Crippen LogP) is 2.36. The standard InChI is InChI=1S/C14H17N3O3/c1-10-8-13(17-20-10)16-14(18)15-7-6-11-4-3-5-12(9-11)19-2/h3-5,8-9H,6-7H2,1-2H3,(H2,15,16,17,18). The van der Waals surface area contributed by atoms with Gasteiger partial charge in [0.1, 0.15) is 11.5 Å². The number of aromatic nitrogens is 1. The fourth-order valence-corrected chi connectivity index (χ4v) is 1.73. The minimum absolute atomic E-state index is 0.304. The van der Waals surface area contributed by atoms with E-state index in [9.17, 15) is 4.79 Å². The van der Waals surface area contributed by atoms with Crippen molar-refractivity contribution in [3.8, 4) is 5.75 Å². The van der Waals surface area contributed by atoms with Crippen molar-refractivity contribution in [2.24, 2.45) is 0 Å². The second-order valence-corrected chi connectivity index (χ2v) is 4.31. The molecule has 0 aliphatic heterocycles. The van der Waals surface area contributed by atoms with Gasteiger partial charge in [-0.05, 0) is 31.0 Å². The molecule has 6 nitrogen and oxygen atoms in total. The lowest BCUT2D eigenvalue weighted by atomic mass is 10.1. The van der Waals surface area contributed by atoms with Crippen LogP contribution in [0.4, 0.5) is 10.6 Å². The normalized spacial score (nSPS) is 10.1. The van der Waals surface area contributed by atoms with Crippen LogP contribution in [0.1, 0.15) is 11.3 Å². The highest BCUT2D eigenvalue weighted by Gasteiger charge is 2.05. The number of hydrogen-bond donors (Lipinski definition) is 2. The molecule has 20 heavy (non-hydrogen) atoms. The second-order valence-electron chi connectivity index (χ2n) is 4.31. The summed E-state index contributed by atoms with van der Waals surface area (Å²) in [4.78, 5) is 11.6. The number of anilines is 1. The minimum atomic E-state index is -0.304. The maximum Gasteiger partial charge on any atom is 0.320 e. The van der Waals surface area contributed by atoms with Gasteiger partial charge >= 0.3 is 6.03 Å². The van der Waals surface area contributed by atoms with Gasteiger partial charge in [-0.1, -0.05) is 17.3 Å². The number of nitrogens with zero attached hydrogens (tertiary/aromatic N) is 1. The van der Waals surface area contributed by atoms with Crippen molar-refractivity contribution in [2.75, 3.05) is 19.0 Å². The monoisotopic (exact) mass is 275 g/mol. The van der Waals surface area contributed by atoms with E-state index in [1.807, 2.05) is 24.3 Å². The molecule has 0 unspecified atom stereocenters. The molecule has 2 rings (SSSR count). The SMILES string of the molecule is COc1cccc(CCNC(=O)Nc2cc(C)on2)c1. The van der Waals surface area contributed by atoms with Crippen LogP contribution >= 0.6 is 0 Å². The molecular weight excluding hydrogens is 258 g/mol. The molecule has 0 saturated carbocycles. The lowest BCUT2D eigenvalue weighted by Gasteiger charge is -2.06. The van der Waals surface area contributed by atoms with E-state index in [0.29, 0.717) is 18.1 Å². The average Bonchev–Trinajstić information content (AvgIpc) is 2.84. The molecule has 0 bridgehead atoms. The van der Waals surface area contributed by atoms with Crippen LogP contribution in [0.2, 0.25) is 0 Å². The van der Waals surface area contributed by atoms with Crippen LogP contribution in [0.25, 0.3) is 0 Å². The Balaban J connectivity index is 1.76. The Morgan fingerprint density at radius 1 is 1.40 bits per heavy atom. The number of aryl methyl sites for hydroxylation is 1. The first-order chi connectivity index (χ1) is 9.67. The van der Waals surface area contributed by atoms with Crippen LogP contribution in [0.3, 0.4) is 0 Å². The first-order valence-corrected chi connectivity index (χ1v) is 6.28. The highest BCUT2D eigenvalue weighted by atomic mass is 16.5. The van der Waals surface area contributed by atoms with Gasteiger partial charge in [-0.2, -0.15) is 0 Å². The lowest BCUT2D eigenvalue weighted by Crippen LogP contribution is -2.30. The fourth-order valence-electron chi connectivity index (χ4n) is 1.73. The zero-order valence-electron chi connectivity index (χ0n) is 11.5. The van der Waals surface area contributed by atoms with Gasteiger partial charge in [0.25, 0.3) is 0 Å². The van der Waals surface area contributed by atoms with Gasteiger partial charge in [0.2, 0.25) is 0 Å². The highest BCUT2D eigenvalue weighted by Crippen LogP contribution is 2.12. The van der Waals surface area contributed by atoms with E-state index >= 15 is 0 Å². The van der Waals surface area contributed by atoms with Crippen LogP contribution in [0.15, 0.2) is 34.9 Å². The van der Waals surface area contributed by atoms with E-state index in [2.05, 4.69) is 15.8 Å². The van der Waals surface area contributed by atoms with Gasteiger partial charge in [0.15, 0.2) is 5.82 Å². The van der Waals surface area contributed by atoms with Crippen LogP contribution < -0.4 is 15.4 Å². The van der Waals surface area contributed by atoms with Gasteiger partial charge < -0.3 is 14.6 Å². The van der Waals surface area contributed by atoms with Crippen molar-refractivity contribution in [1.29, 1.82) is 0 Å². The average molecular weight is 275 g/mol. The summed E-state index contributed by atoms with van der Waals surface area (Å²) in [5.41, 5.74) is 1.10. The predicted molar refractivity (Wildman–Crippen MR) is 75.0 cm³/mol. The number of methoxy groups -OCH3 is 1. The molecule has 0 radical (unpaired) electrons. The summed E-state index contributed by atoms with van der Waals surface area (Å²) < 4.78 is 10.0. The topological polar surface area (TPSA) is 76.4 Å². The molecule has 1 aromatic carbocycles. The summed E-state index contributed by atoms with van der Waals surface area (Å²) in [7, 11) is 1.63. The number of nitrogens with one attached hydrogen (secondary N) is 2. The van der Waals surface area contributed by atoms with E-state index in [4.69, 9.17) is 9.26 Å². The highest BCUT2D eigenvalue weighted by molar-refractivity contribution is 5.88. The maximum atomic E-state index is 11.6. The number of benzene rings is 1. The van der Waals surface area contributed by atoms with E-state index < -0.39 is 0 Å². The van der Waals surface area contributed by atoms with Crippen molar-refractivity contribution < 1.29 is 14.1 Å². The minimum Gasteiger partial charge on any atom is -0.497 e. The Hall–Kier alpha value is -2.50. The van der Waals surface area contributed by atoms with Crippen molar-refractivity contribution in [1.82, 2.24) is 10.5 Å². The van der Waals surface area contributed by atoms with E-state index in [-0.39, 0.29) is 6.03 Å². The van der Waals surface area contributed by atoms with Gasteiger partial charge in [-0.15, -0.1) is 0 Å². The molecule has 6 heteroatoms. The number of urea groups is 1. The number of amides is 2. The number of rotatable bonds is 5. The van der Waals surface area contributed by atoms with Gasteiger partial charge in [-0.3, -0.25) is 5.32 Å². The summed E-state index contributed by atoms with van der Waals surface area (Å²) in [6.45, 7) is 2.29. The Labute approximate surface area is 117 Å². The number of ether oxygens (including phenoxy) is 1. The summed E-state index contributed by atoms with van der Waals surface area (Å²) in [6.07, 6.45) is 0.725. The first-order valence-electron chi connectivity index (χ1n) is 6.28. The lowest BCUT2D eigenvalue weighted by molar-refractivity contribution is 0.252. The van der Waals surface area contributed by atoms with E-state index in [1.54, 1.807) is 20.1 Å². The van der Waals surface area contributed by atoms with Crippen molar-refractivity contribution in [3.05, 3.63) is 41.7 Å². The smallest absolute Gasteiger partial charge is 0.320 e. The molecular formula is C14H17N3O3. The third kappa shape index (κ3) is 4.01. The summed E-state index contributed by atoms with van der Waals surface area (Å²) in [6, 6.07) is 9.09. The second kappa shape index (κ2) is 6.60. The molecule has 2 amide bonds. The molecule has 2 aromatic rings. The molecule has 0 saturated heterocycles. The Morgan fingerprint density at radius 3 is 2.95 bits per heavy atom. The molecule has 106 valence electrons. The maximum absolute atomic E-state index is 11.6. The molecule has 0 atom stereocenters. The Bertz CT molecular complexity index is 581. The molecule has 1 aromatic heterocycles. The van der Waals surface area contributed by atoms with Gasteiger partial charge in [0, 0.05) is 12.6 Å². The molecule has 2 N–H and O–H groups in total. The largest absolute Gasteiger partial charge is 0.497 e. The molecule has 0 spiro atoms. The summed E-state index contributed by atoms with van der Waals surface area (Å²) in [5, 5.41) is 9.03. The molecule has 0 fully saturated rings. The summed E-state index contributed by atoms with van der Waals surface area (Å²) >= 11 is 0. The van der Waals surface area contributed by atoms with E-state index in [1.165, 1.54) is 0 Å². The van der Waals surface area contributed by atoms with Gasteiger partial charge in [-0.25, -0.2) is 4.79 Å². The number of carbonyl (C=O) groups is 1. The quantitative estimate of drug-likeness (QED) is 0.878. The van der Waals surface area contributed by atoms with Crippen LogP contribution in [-0.4, -0.2) is 24.8 Å². The third-order valence-corrected chi connectivity index (χ3v) is 2.70. The Morgan fingerprint density at radius 2 is 2.25 bits per heavy atom. The van der Waals surface area contributed by atoms with Gasteiger partial charge in [0.05, 0.1) is 7.11 Å². The first kappa shape index (κ1) is 13.9.